The van der Waals surface area contributed by atoms with Crippen LogP contribution in [0.15, 0.2) is 42.7 Å². The Morgan fingerprint density at radius 2 is 2.08 bits per heavy atom. The maximum absolute atomic E-state index is 12.2. The fourth-order valence-corrected chi connectivity index (χ4v) is 2.56. The Hall–Kier alpha value is -3.49. The number of anilines is 1. The Bertz CT molecular complexity index is 959. The molecule has 2 aromatic heterocycles. The van der Waals surface area contributed by atoms with E-state index in [1.807, 2.05) is 31.2 Å². The van der Waals surface area contributed by atoms with E-state index in [9.17, 15) is 14.9 Å². The third-order valence-electron chi connectivity index (χ3n) is 3.96. The van der Waals surface area contributed by atoms with Gasteiger partial charge in [-0.25, -0.2) is 0 Å². The first kappa shape index (κ1) is 17.3. The average Bonchev–Trinajstić information content (AvgIpc) is 3.17. The molecule has 0 fully saturated rings. The number of aromatic nitrogens is 4. The summed E-state index contributed by atoms with van der Waals surface area (Å²) in [4.78, 5) is 22.3. The summed E-state index contributed by atoms with van der Waals surface area (Å²) in [7, 11) is 0. The van der Waals surface area contributed by atoms with Crippen molar-refractivity contribution in [1.82, 2.24) is 19.6 Å². The van der Waals surface area contributed by atoms with E-state index < -0.39 is 4.92 Å². The number of carbonyl (C=O) groups excluding carboxylic acids is 1. The zero-order valence-electron chi connectivity index (χ0n) is 14.4. The van der Waals surface area contributed by atoms with E-state index in [-0.39, 0.29) is 18.3 Å². The van der Waals surface area contributed by atoms with Gasteiger partial charge in [-0.15, -0.1) is 0 Å². The van der Waals surface area contributed by atoms with E-state index in [0.717, 1.165) is 5.56 Å². The van der Waals surface area contributed by atoms with Crippen LogP contribution in [-0.4, -0.2) is 30.4 Å². The van der Waals surface area contributed by atoms with Gasteiger partial charge >= 0.3 is 5.82 Å². The van der Waals surface area contributed by atoms with Crippen LogP contribution >= 0.6 is 0 Å². The van der Waals surface area contributed by atoms with E-state index in [1.165, 1.54) is 16.3 Å². The van der Waals surface area contributed by atoms with Gasteiger partial charge in [-0.3, -0.25) is 9.48 Å². The van der Waals surface area contributed by atoms with Crippen LogP contribution in [0.4, 0.5) is 11.5 Å². The van der Waals surface area contributed by atoms with E-state index in [4.69, 9.17) is 0 Å². The van der Waals surface area contributed by atoms with Crippen molar-refractivity contribution in [3.63, 3.8) is 0 Å². The van der Waals surface area contributed by atoms with Crippen molar-refractivity contribution in [3.05, 3.63) is 69.7 Å². The van der Waals surface area contributed by atoms with E-state index in [0.29, 0.717) is 17.9 Å². The summed E-state index contributed by atoms with van der Waals surface area (Å²) in [6, 6.07) is 9.35. The van der Waals surface area contributed by atoms with Crippen molar-refractivity contribution in [1.29, 1.82) is 0 Å². The molecule has 26 heavy (non-hydrogen) atoms. The molecular weight excluding hydrogens is 336 g/mol. The molecule has 1 amide bonds. The van der Waals surface area contributed by atoms with Crippen LogP contribution in [0.1, 0.15) is 16.8 Å². The molecule has 0 unspecified atom stereocenters. The first-order valence-corrected chi connectivity index (χ1v) is 7.98. The second kappa shape index (κ2) is 7.18. The second-order valence-electron chi connectivity index (χ2n) is 5.96. The lowest BCUT2D eigenvalue weighted by atomic mass is 10.1. The lowest BCUT2D eigenvalue weighted by Gasteiger charge is -2.05. The van der Waals surface area contributed by atoms with Gasteiger partial charge in [-0.1, -0.05) is 24.3 Å². The summed E-state index contributed by atoms with van der Waals surface area (Å²) in [5.74, 6) is -0.608. The van der Waals surface area contributed by atoms with Gasteiger partial charge in [0.2, 0.25) is 5.91 Å². The third-order valence-corrected chi connectivity index (χ3v) is 3.96. The minimum absolute atomic E-state index is 0.108. The molecule has 3 aromatic rings. The summed E-state index contributed by atoms with van der Waals surface area (Å²) in [6.45, 7) is 4.19. The van der Waals surface area contributed by atoms with Crippen LogP contribution in [0.25, 0.3) is 0 Å². The Labute approximate surface area is 149 Å². The van der Waals surface area contributed by atoms with Crippen molar-refractivity contribution >= 4 is 17.4 Å². The van der Waals surface area contributed by atoms with Crippen LogP contribution in [-0.2, 0) is 17.9 Å². The number of carbonyl (C=O) groups is 1. The first-order chi connectivity index (χ1) is 12.4. The number of rotatable bonds is 6. The molecule has 9 nitrogen and oxygen atoms in total. The number of nitrogens with one attached hydrogen (secondary N) is 1. The molecule has 0 aliphatic heterocycles. The molecule has 1 aromatic carbocycles. The van der Waals surface area contributed by atoms with Gasteiger partial charge in [-0.05, 0) is 29.9 Å². The van der Waals surface area contributed by atoms with Crippen LogP contribution in [0.5, 0.6) is 0 Å². The molecule has 0 bridgehead atoms. The highest BCUT2D eigenvalue weighted by Gasteiger charge is 2.17. The zero-order valence-corrected chi connectivity index (χ0v) is 14.4. The van der Waals surface area contributed by atoms with Gasteiger partial charge in [0.1, 0.15) is 6.54 Å². The Morgan fingerprint density at radius 1 is 1.31 bits per heavy atom. The molecule has 134 valence electrons. The van der Waals surface area contributed by atoms with Gasteiger partial charge in [-0.2, -0.15) is 9.78 Å². The fourth-order valence-electron chi connectivity index (χ4n) is 2.56. The van der Waals surface area contributed by atoms with Crippen LogP contribution in [0, 0.1) is 24.0 Å². The maximum atomic E-state index is 12.2. The molecule has 3 rings (SSSR count). The maximum Gasteiger partial charge on any atom is 0.390 e. The predicted octanol–water partition coefficient (Wildman–Crippen LogP) is 2.29. The number of hydrogen-bond donors (Lipinski definition) is 1. The van der Waals surface area contributed by atoms with Gasteiger partial charge < -0.3 is 15.4 Å². The van der Waals surface area contributed by atoms with Crippen molar-refractivity contribution in [3.8, 4) is 0 Å². The highest BCUT2D eigenvalue weighted by Crippen LogP contribution is 2.13. The largest absolute Gasteiger partial charge is 0.390 e. The summed E-state index contributed by atoms with van der Waals surface area (Å²) in [5.41, 5.74) is 3.42. The summed E-state index contributed by atoms with van der Waals surface area (Å²) in [5, 5.41) is 21.5. The molecule has 0 aliphatic rings. The fraction of sp³-hybridized carbons (Fsp3) is 0.235. The highest BCUT2D eigenvalue weighted by atomic mass is 16.6. The Balaban J connectivity index is 1.63. The van der Waals surface area contributed by atoms with E-state index in [2.05, 4.69) is 15.5 Å². The topological polar surface area (TPSA) is 108 Å². The Kier molecular flexibility index (Phi) is 4.78. The zero-order chi connectivity index (χ0) is 18.7. The smallest absolute Gasteiger partial charge is 0.358 e. The summed E-state index contributed by atoms with van der Waals surface area (Å²) >= 11 is 0. The first-order valence-electron chi connectivity index (χ1n) is 7.98. The minimum atomic E-state index is -0.586. The summed E-state index contributed by atoms with van der Waals surface area (Å²) < 4.78 is 3.03. The molecule has 0 aliphatic carbocycles. The van der Waals surface area contributed by atoms with Gasteiger partial charge in [0.05, 0.1) is 35.3 Å². The van der Waals surface area contributed by atoms with Gasteiger partial charge in [0.15, 0.2) is 0 Å². The monoisotopic (exact) mass is 354 g/mol. The summed E-state index contributed by atoms with van der Waals surface area (Å²) in [6.07, 6.45) is 3.30. The molecule has 1 N–H and O–H groups in total. The molecule has 0 saturated heterocycles. The minimum Gasteiger partial charge on any atom is -0.358 e. The number of hydrogen-bond acceptors (Lipinski definition) is 5. The molecule has 0 spiro atoms. The number of nitro groups is 1. The van der Waals surface area contributed by atoms with E-state index in [1.54, 1.807) is 24.0 Å². The standard InChI is InChI=1S/C17H18N6O3/c1-12-5-3-4-6-14(12)9-21-10-15(8-18-21)19-17(24)11-22-13(2)7-16(20-22)23(25)26/h3-8,10H,9,11H2,1-2H3,(H,19,24). The van der Waals surface area contributed by atoms with Crippen molar-refractivity contribution in [2.45, 2.75) is 26.9 Å². The van der Waals surface area contributed by atoms with Crippen molar-refractivity contribution in [2.24, 2.45) is 0 Å². The van der Waals surface area contributed by atoms with Crippen LogP contribution in [0.3, 0.4) is 0 Å². The van der Waals surface area contributed by atoms with Crippen molar-refractivity contribution in [2.75, 3.05) is 5.32 Å². The highest BCUT2D eigenvalue weighted by molar-refractivity contribution is 5.90. The normalized spacial score (nSPS) is 10.7. The van der Waals surface area contributed by atoms with Gasteiger partial charge in [0, 0.05) is 6.20 Å². The van der Waals surface area contributed by atoms with E-state index >= 15 is 0 Å². The number of aryl methyl sites for hydroxylation is 2. The predicted molar refractivity (Wildman–Crippen MR) is 94.8 cm³/mol. The molecule has 0 atom stereocenters. The van der Waals surface area contributed by atoms with Crippen molar-refractivity contribution < 1.29 is 9.72 Å². The molecule has 0 saturated carbocycles. The number of nitrogens with zero attached hydrogens (tertiary/aromatic N) is 5. The SMILES string of the molecule is Cc1ccccc1Cn1cc(NC(=O)Cn2nc([N+](=O)[O-])cc2C)cn1. The second-order valence-corrected chi connectivity index (χ2v) is 5.96. The molecular formula is C17H18N6O3. The number of benzene rings is 1. The molecule has 9 heteroatoms. The number of amides is 1. The quantitative estimate of drug-likeness (QED) is 0.540. The lowest BCUT2D eigenvalue weighted by molar-refractivity contribution is -0.389. The molecule has 0 radical (unpaired) electrons. The lowest BCUT2D eigenvalue weighted by Crippen LogP contribution is -2.20. The van der Waals surface area contributed by atoms with Crippen LogP contribution < -0.4 is 5.32 Å². The van der Waals surface area contributed by atoms with Gasteiger partial charge in [0.25, 0.3) is 0 Å². The third kappa shape index (κ3) is 3.94. The molecule has 2 heterocycles. The average molecular weight is 354 g/mol. The van der Waals surface area contributed by atoms with Crippen LogP contribution in [0.2, 0.25) is 0 Å². The Morgan fingerprint density at radius 3 is 2.77 bits per heavy atom.